The van der Waals surface area contributed by atoms with Gasteiger partial charge in [0.2, 0.25) is 0 Å². The van der Waals surface area contributed by atoms with E-state index in [0.717, 1.165) is 16.2 Å². The van der Waals surface area contributed by atoms with Crippen molar-refractivity contribution in [3.63, 3.8) is 0 Å². The topological polar surface area (TPSA) is 48.1 Å². The molecule has 0 saturated carbocycles. The first-order valence-electron chi connectivity index (χ1n) is 4.74. The predicted octanol–water partition coefficient (Wildman–Crippen LogP) is 2.79. The van der Waals surface area contributed by atoms with Crippen molar-refractivity contribution in [3.8, 4) is 16.2 Å². The van der Waals surface area contributed by atoms with Gasteiger partial charge in [0, 0.05) is 6.20 Å². The highest BCUT2D eigenvalue weighted by atomic mass is 32.1. The lowest BCUT2D eigenvalue weighted by atomic mass is 10.2. The van der Waals surface area contributed by atoms with Gasteiger partial charge in [-0.1, -0.05) is 23.5 Å². The first-order valence-corrected chi connectivity index (χ1v) is 5.56. The van der Waals surface area contributed by atoms with Gasteiger partial charge in [-0.3, -0.25) is 0 Å². The van der Waals surface area contributed by atoms with Gasteiger partial charge >= 0.3 is 0 Å². The van der Waals surface area contributed by atoms with Gasteiger partial charge in [-0.25, -0.2) is 4.98 Å². The van der Waals surface area contributed by atoms with Crippen molar-refractivity contribution < 1.29 is 4.74 Å². The Kier molecular flexibility index (Phi) is 2.87. The molecule has 0 amide bonds. The van der Waals surface area contributed by atoms with Gasteiger partial charge in [-0.2, -0.15) is 0 Å². The molecule has 0 radical (unpaired) electrons. The second-order valence-electron chi connectivity index (χ2n) is 3.02. The van der Waals surface area contributed by atoms with Crippen LogP contribution < -0.4 is 10.5 Å². The van der Waals surface area contributed by atoms with Crippen LogP contribution in [0.2, 0.25) is 0 Å². The molecule has 15 heavy (non-hydrogen) atoms. The van der Waals surface area contributed by atoms with E-state index in [2.05, 4.69) is 4.98 Å². The molecule has 2 aromatic rings. The van der Waals surface area contributed by atoms with Crippen LogP contribution in [0.1, 0.15) is 6.92 Å². The van der Waals surface area contributed by atoms with Crippen LogP contribution in [0.25, 0.3) is 10.4 Å². The Hall–Kier alpha value is -1.55. The third-order valence-electron chi connectivity index (χ3n) is 1.95. The summed E-state index contributed by atoms with van der Waals surface area (Å²) in [6.45, 7) is 2.64. The molecule has 0 spiro atoms. The number of benzene rings is 1. The average Bonchev–Trinajstić information content (AvgIpc) is 2.66. The van der Waals surface area contributed by atoms with Crippen molar-refractivity contribution in [1.29, 1.82) is 0 Å². The molecule has 1 aromatic carbocycles. The van der Waals surface area contributed by atoms with E-state index in [1.54, 1.807) is 6.20 Å². The molecule has 0 atom stereocenters. The van der Waals surface area contributed by atoms with E-state index in [-0.39, 0.29) is 0 Å². The number of ether oxygens (including phenoxy) is 1. The minimum Gasteiger partial charge on any atom is -0.494 e. The zero-order valence-corrected chi connectivity index (χ0v) is 9.25. The molecule has 2 N–H and O–H groups in total. The number of nitrogens with zero attached hydrogens (tertiary/aromatic N) is 1. The second kappa shape index (κ2) is 4.31. The summed E-state index contributed by atoms with van der Waals surface area (Å²) in [6, 6.07) is 7.93. The molecule has 0 bridgehead atoms. The lowest BCUT2D eigenvalue weighted by Crippen LogP contribution is -1.90. The first-order chi connectivity index (χ1) is 7.29. The van der Waals surface area contributed by atoms with Gasteiger partial charge in [0.1, 0.15) is 5.75 Å². The molecule has 3 nitrogen and oxygen atoms in total. The average molecular weight is 220 g/mol. The van der Waals surface area contributed by atoms with Crippen molar-refractivity contribution in [2.45, 2.75) is 6.92 Å². The van der Waals surface area contributed by atoms with E-state index in [1.165, 1.54) is 11.3 Å². The molecule has 0 aliphatic heterocycles. The minimum atomic E-state index is 0.590. The number of anilines is 1. The summed E-state index contributed by atoms with van der Waals surface area (Å²) >= 11 is 1.48. The Labute approximate surface area is 92.5 Å². The van der Waals surface area contributed by atoms with Crippen LogP contribution >= 0.6 is 11.3 Å². The van der Waals surface area contributed by atoms with Gasteiger partial charge in [-0.05, 0) is 24.6 Å². The van der Waals surface area contributed by atoms with Gasteiger partial charge in [0.05, 0.1) is 11.5 Å². The second-order valence-corrected chi connectivity index (χ2v) is 4.09. The molecule has 0 aliphatic carbocycles. The Morgan fingerprint density at radius 1 is 1.47 bits per heavy atom. The fraction of sp³-hybridized carbons (Fsp3) is 0.182. The quantitative estimate of drug-likeness (QED) is 0.865. The molecule has 2 rings (SSSR count). The summed E-state index contributed by atoms with van der Waals surface area (Å²) in [5, 5.41) is 0.590. The number of nitrogens with two attached hydrogens (primary N) is 1. The van der Waals surface area contributed by atoms with E-state index >= 15 is 0 Å². The Balaban J connectivity index is 2.32. The summed E-state index contributed by atoms with van der Waals surface area (Å²) < 4.78 is 5.43. The number of rotatable bonds is 3. The molecular formula is C11H12N2OS. The maximum atomic E-state index is 5.59. The van der Waals surface area contributed by atoms with Crippen LogP contribution in [-0.2, 0) is 0 Å². The predicted molar refractivity (Wildman–Crippen MR) is 63.1 cm³/mol. The lowest BCUT2D eigenvalue weighted by Gasteiger charge is -2.03. The van der Waals surface area contributed by atoms with E-state index in [1.807, 2.05) is 31.2 Å². The molecule has 0 saturated heterocycles. The van der Waals surface area contributed by atoms with Crippen LogP contribution in [0.4, 0.5) is 5.13 Å². The first kappa shape index (κ1) is 9.98. The summed E-state index contributed by atoms with van der Waals surface area (Å²) in [5.41, 5.74) is 6.68. The highest BCUT2D eigenvalue weighted by Gasteiger charge is 2.03. The molecular weight excluding hydrogens is 208 g/mol. The third-order valence-corrected chi connectivity index (χ3v) is 2.83. The number of hydrogen-bond acceptors (Lipinski definition) is 4. The van der Waals surface area contributed by atoms with E-state index in [4.69, 9.17) is 10.5 Å². The normalized spacial score (nSPS) is 10.2. The fourth-order valence-electron chi connectivity index (χ4n) is 1.33. The minimum absolute atomic E-state index is 0.590. The standard InChI is InChI=1S/C11H12N2OS/c1-2-14-9-5-3-4-8(6-9)10-7-13-11(12)15-10/h3-7H,2H2,1H3,(H2,12,13). The molecule has 4 heteroatoms. The van der Waals surface area contributed by atoms with Crippen molar-refractivity contribution >= 4 is 16.5 Å². The van der Waals surface area contributed by atoms with Gasteiger partial charge < -0.3 is 10.5 Å². The van der Waals surface area contributed by atoms with Crippen LogP contribution in [0.15, 0.2) is 30.5 Å². The maximum Gasteiger partial charge on any atom is 0.180 e. The van der Waals surface area contributed by atoms with Crippen molar-refractivity contribution in [2.75, 3.05) is 12.3 Å². The Bertz CT molecular complexity index is 453. The SMILES string of the molecule is CCOc1cccc(-c2cnc(N)s2)c1. The van der Waals surface area contributed by atoms with E-state index in [9.17, 15) is 0 Å². The Morgan fingerprint density at radius 3 is 3.00 bits per heavy atom. The highest BCUT2D eigenvalue weighted by molar-refractivity contribution is 7.18. The monoisotopic (exact) mass is 220 g/mol. The lowest BCUT2D eigenvalue weighted by molar-refractivity contribution is 0.340. The number of hydrogen-bond donors (Lipinski definition) is 1. The molecule has 1 aromatic heterocycles. The largest absolute Gasteiger partial charge is 0.494 e. The summed E-state index contributed by atoms with van der Waals surface area (Å²) in [6.07, 6.45) is 1.78. The smallest absolute Gasteiger partial charge is 0.180 e. The molecule has 0 unspecified atom stereocenters. The van der Waals surface area contributed by atoms with Gasteiger partial charge in [-0.15, -0.1) is 0 Å². The Morgan fingerprint density at radius 2 is 2.33 bits per heavy atom. The third kappa shape index (κ3) is 2.27. The van der Waals surface area contributed by atoms with Crippen LogP contribution in [0, 0.1) is 0 Å². The fourth-order valence-corrected chi connectivity index (χ4v) is 2.01. The van der Waals surface area contributed by atoms with Crippen molar-refractivity contribution in [1.82, 2.24) is 4.98 Å². The zero-order chi connectivity index (χ0) is 10.7. The van der Waals surface area contributed by atoms with E-state index < -0.39 is 0 Å². The van der Waals surface area contributed by atoms with Crippen molar-refractivity contribution in [3.05, 3.63) is 30.5 Å². The van der Waals surface area contributed by atoms with E-state index in [0.29, 0.717) is 11.7 Å². The number of aromatic nitrogens is 1. The summed E-state index contributed by atoms with van der Waals surface area (Å²) in [4.78, 5) is 5.09. The van der Waals surface area contributed by atoms with Crippen LogP contribution in [0.3, 0.4) is 0 Å². The molecule has 0 fully saturated rings. The molecule has 78 valence electrons. The number of nitrogen functional groups attached to an aromatic ring is 1. The highest BCUT2D eigenvalue weighted by Crippen LogP contribution is 2.29. The van der Waals surface area contributed by atoms with Crippen LogP contribution in [0.5, 0.6) is 5.75 Å². The van der Waals surface area contributed by atoms with Gasteiger partial charge in [0.15, 0.2) is 5.13 Å². The molecule has 1 heterocycles. The summed E-state index contributed by atoms with van der Waals surface area (Å²) in [7, 11) is 0. The van der Waals surface area contributed by atoms with Crippen LogP contribution in [-0.4, -0.2) is 11.6 Å². The zero-order valence-electron chi connectivity index (χ0n) is 8.43. The van der Waals surface area contributed by atoms with Crippen molar-refractivity contribution in [2.24, 2.45) is 0 Å². The number of thiazole rings is 1. The van der Waals surface area contributed by atoms with Gasteiger partial charge in [0.25, 0.3) is 0 Å². The molecule has 0 aliphatic rings. The summed E-state index contributed by atoms with van der Waals surface area (Å²) in [5.74, 6) is 0.877. The maximum absolute atomic E-state index is 5.59.